The van der Waals surface area contributed by atoms with Crippen LogP contribution in [0.2, 0.25) is 5.02 Å². The maximum Gasteiger partial charge on any atom is 0.338 e. The van der Waals surface area contributed by atoms with Crippen LogP contribution in [-0.2, 0) is 10.0 Å². The normalized spacial score (nSPS) is 16.9. The van der Waals surface area contributed by atoms with Crippen molar-refractivity contribution in [1.29, 1.82) is 0 Å². The summed E-state index contributed by atoms with van der Waals surface area (Å²) in [7, 11) is -4.15. The van der Waals surface area contributed by atoms with Crippen molar-refractivity contribution < 1.29 is 27.8 Å². The molecule has 6 nitrogen and oxygen atoms in total. The van der Waals surface area contributed by atoms with Crippen LogP contribution < -0.4 is 0 Å². The number of rotatable bonds is 4. The summed E-state index contributed by atoms with van der Waals surface area (Å²) in [5, 5.41) is 17.5. The molecule has 0 spiro atoms. The van der Waals surface area contributed by atoms with Gasteiger partial charge in [0.25, 0.3) is 0 Å². The van der Waals surface area contributed by atoms with Crippen LogP contribution >= 0.6 is 11.6 Å². The number of aromatic carboxylic acids is 1. The van der Waals surface area contributed by atoms with E-state index in [-0.39, 0.29) is 30.6 Å². The average Bonchev–Trinajstić information content (AvgIpc) is 2.29. The highest BCUT2D eigenvalue weighted by Gasteiger charge is 2.38. The standard InChI is InChI=1S/C11H11ClFNO5S/c12-7-1-8(11(16)17)10(13)9(2-7)20(18,19)14-3-6(4-14)5-15/h1-2,6,15H,3-5H2,(H,16,17). The Bertz CT molecular complexity index is 657. The lowest BCUT2D eigenvalue weighted by Gasteiger charge is -2.37. The number of benzene rings is 1. The zero-order valence-electron chi connectivity index (χ0n) is 10.1. The fourth-order valence-electron chi connectivity index (χ4n) is 1.88. The summed E-state index contributed by atoms with van der Waals surface area (Å²) in [5.74, 6) is -3.13. The van der Waals surface area contributed by atoms with Gasteiger partial charge in [0.15, 0.2) is 5.82 Å². The molecule has 0 bridgehead atoms. The van der Waals surface area contributed by atoms with Crippen LogP contribution in [0.3, 0.4) is 0 Å². The topological polar surface area (TPSA) is 94.9 Å². The van der Waals surface area contributed by atoms with E-state index >= 15 is 0 Å². The Labute approximate surface area is 119 Å². The van der Waals surface area contributed by atoms with E-state index in [0.717, 1.165) is 16.4 Å². The number of carboxylic acid groups (broad SMARTS) is 1. The summed E-state index contributed by atoms with van der Waals surface area (Å²) in [6.07, 6.45) is 0. The first-order chi connectivity index (χ1) is 9.27. The number of aliphatic hydroxyl groups is 1. The van der Waals surface area contributed by atoms with Gasteiger partial charge in [-0.3, -0.25) is 0 Å². The van der Waals surface area contributed by atoms with Crippen LogP contribution in [-0.4, -0.2) is 48.6 Å². The zero-order chi connectivity index (χ0) is 15.1. The van der Waals surface area contributed by atoms with E-state index in [4.69, 9.17) is 21.8 Å². The minimum Gasteiger partial charge on any atom is -0.478 e. The Morgan fingerprint density at radius 2 is 2.05 bits per heavy atom. The van der Waals surface area contributed by atoms with Crippen LogP contribution in [0.1, 0.15) is 10.4 Å². The molecule has 0 saturated carbocycles. The summed E-state index contributed by atoms with van der Waals surface area (Å²) >= 11 is 5.64. The summed E-state index contributed by atoms with van der Waals surface area (Å²) in [4.78, 5) is 10.1. The van der Waals surface area contributed by atoms with Crippen LogP contribution in [0.5, 0.6) is 0 Å². The highest BCUT2D eigenvalue weighted by atomic mass is 35.5. The lowest BCUT2D eigenvalue weighted by Crippen LogP contribution is -2.51. The van der Waals surface area contributed by atoms with Gasteiger partial charge in [0, 0.05) is 30.6 Å². The summed E-state index contributed by atoms with van der Waals surface area (Å²) in [6, 6.07) is 1.73. The van der Waals surface area contributed by atoms with Gasteiger partial charge in [-0.25, -0.2) is 17.6 Å². The molecule has 0 atom stereocenters. The first kappa shape index (κ1) is 15.2. The molecule has 1 heterocycles. The molecule has 0 amide bonds. The maximum absolute atomic E-state index is 14.0. The molecule has 0 aliphatic carbocycles. The molecule has 9 heteroatoms. The minimum absolute atomic E-state index is 0.0627. The van der Waals surface area contributed by atoms with Crippen molar-refractivity contribution in [3.63, 3.8) is 0 Å². The summed E-state index contributed by atoms with van der Waals surface area (Å²) < 4.78 is 39.3. The largest absolute Gasteiger partial charge is 0.478 e. The number of hydrogen-bond donors (Lipinski definition) is 2. The monoisotopic (exact) mass is 323 g/mol. The van der Waals surface area contributed by atoms with Gasteiger partial charge < -0.3 is 10.2 Å². The van der Waals surface area contributed by atoms with Gasteiger partial charge in [0.1, 0.15) is 4.90 Å². The van der Waals surface area contributed by atoms with Gasteiger partial charge in [-0.15, -0.1) is 0 Å². The first-order valence-electron chi connectivity index (χ1n) is 5.60. The van der Waals surface area contributed by atoms with E-state index in [0.29, 0.717) is 0 Å². The molecule has 0 radical (unpaired) electrons. The predicted molar refractivity (Wildman–Crippen MR) is 67.7 cm³/mol. The summed E-state index contributed by atoms with van der Waals surface area (Å²) in [6.45, 7) is -0.0369. The van der Waals surface area contributed by atoms with Crippen LogP contribution in [0.15, 0.2) is 17.0 Å². The second-order valence-electron chi connectivity index (χ2n) is 4.44. The Hall–Kier alpha value is -1.22. The molecular weight excluding hydrogens is 313 g/mol. The number of carbonyl (C=O) groups is 1. The number of hydrogen-bond acceptors (Lipinski definition) is 4. The van der Waals surface area contributed by atoms with Gasteiger partial charge in [-0.2, -0.15) is 4.31 Å². The van der Waals surface area contributed by atoms with Gasteiger partial charge in [-0.1, -0.05) is 11.6 Å². The van der Waals surface area contributed by atoms with E-state index in [1.165, 1.54) is 0 Å². The van der Waals surface area contributed by atoms with E-state index < -0.39 is 32.3 Å². The van der Waals surface area contributed by atoms with Crippen molar-refractivity contribution in [3.8, 4) is 0 Å². The smallest absolute Gasteiger partial charge is 0.338 e. The summed E-state index contributed by atoms with van der Waals surface area (Å²) in [5.41, 5.74) is -0.796. The molecule has 2 rings (SSSR count). The number of halogens is 2. The van der Waals surface area contributed by atoms with Crippen molar-refractivity contribution in [1.82, 2.24) is 4.31 Å². The molecule has 1 aromatic carbocycles. The highest BCUT2D eigenvalue weighted by molar-refractivity contribution is 7.89. The van der Waals surface area contributed by atoms with Crippen LogP contribution in [0.25, 0.3) is 0 Å². The third kappa shape index (κ3) is 2.51. The lowest BCUT2D eigenvalue weighted by molar-refractivity contribution is 0.0691. The van der Waals surface area contributed by atoms with E-state index in [2.05, 4.69) is 0 Å². The molecule has 1 aromatic rings. The molecule has 2 N–H and O–H groups in total. The number of carboxylic acids is 1. The van der Waals surface area contributed by atoms with Crippen molar-refractivity contribution in [2.24, 2.45) is 5.92 Å². The highest BCUT2D eigenvalue weighted by Crippen LogP contribution is 2.30. The van der Waals surface area contributed by atoms with E-state index in [1.54, 1.807) is 0 Å². The second-order valence-corrected chi connectivity index (χ2v) is 6.78. The molecule has 0 aromatic heterocycles. The molecule has 1 aliphatic rings. The Balaban J connectivity index is 2.45. The van der Waals surface area contributed by atoms with Crippen molar-refractivity contribution in [2.75, 3.05) is 19.7 Å². The number of aliphatic hydroxyl groups excluding tert-OH is 1. The van der Waals surface area contributed by atoms with Gasteiger partial charge >= 0.3 is 5.97 Å². The van der Waals surface area contributed by atoms with Crippen molar-refractivity contribution in [3.05, 3.63) is 28.5 Å². The quantitative estimate of drug-likeness (QED) is 0.854. The molecule has 1 aliphatic heterocycles. The van der Waals surface area contributed by atoms with Crippen molar-refractivity contribution in [2.45, 2.75) is 4.90 Å². The average molecular weight is 324 g/mol. The third-order valence-electron chi connectivity index (χ3n) is 3.03. The Morgan fingerprint density at radius 1 is 1.45 bits per heavy atom. The maximum atomic E-state index is 14.0. The molecule has 20 heavy (non-hydrogen) atoms. The predicted octanol–water partition coefficient (Wildman–Crippen LogP) is 0.790. The zero-order valence-corrected chi connectivity index (χ0v) is 11.7. The SMILES string of the molecule is O=C(O)c1cc(Cl)cc(S(=O)(=O)N2CC(CO)C2)c1F. The van der Waals surface area contributed by atoms with E-state index in [9.17, 15) is 17.6 Å². The molecular formula is C11H11ClFNO5S. The fourth-order valence-corrected chi connectivity index (χ4v) is 3.87. The minimum atomic E-state index is -4.15. The molecule has 110 valence electrons. The number of nitrogens with zero attached hydrogens (tertiary/aromatic N) is 1. The van der Waals surface area contributed by atoms with Gasteiger partial charge in [-0.05, 0) is 12.1 Å². The third-order valence-corrected chi connectivity index (χ3v) is 5.08. The second kappa shape index (κ2) is 5.28. The van der Waals surface area contributed by atoms with E-state index in [1.807, 2.05) is 0 Å². The molecule has 1 fully saturated rings. The molecule has 0 unspecified atom stereocenters. The van der Waals surface area contributed by atoms with Gasteiger partial charge in [0.2, 0.25) is 10.0 Å². The molecule has 1 saturated heterocycles. The Morgan fingerprint density at radius 3 is 2.55 bits per heavy atom. The number of sulfonamides is 1. The first-order valence-corrected chi connectivity index (χ1v) is 7.42. The van der Waals surface area contributed by atoms with Crippen LogP contribution in [0, 0.1) is 11.7 Å². The Kier molecular flexibility index (Phi) is 4.01. The van der Waals surface area contributed by atoms with Crippen molar-refractivity contribution >= 4 is 27.6 Å². The van der Waals surface area contributed by atoms with Gasteiger partial charge in [0.05, 0.1) is 5.56 Å². The lowest BCUT2D eigenvalue weighted by atomic mass is 10.1. The van der Waals surface area contributed by atoms with Crippen LogP contribution in [0.4, 0.5) is 4.39 Å². The fraction of sp³-hybridized carbons (Fsp3) is 0.364.